The van der Waals surface area contributed by atoms with E-state index in [0.717, 1.165) is 27.6 Å². The molecule has 4 rings (SSSR count). The fourth-order valence-electron chi connectivity index (χ4n) is 2.88. The third-order valence-corrected chi connectivity index (χ3v) is 5.24. The lowest BCUT2D eigenvalue weighted by Gasteiger charge is -2.26. The highest BCUT2D eigenvalue weighted by Gasteiger charge is 2.25. The van der Waals surface area contributed by atoms with E-state index in [9.17, 15) is 9.18 Å². The Morgan fingerprint density at radius 1 is 1.12 bits per heavy atom. The van der Waals surface area contributed by atoms with Crippen LogP contribution in [0, 0.1) is 5.82 Å². The SMILES string of the molecule is O=C(c1cccc(F)c1)N1CCc2nc(-c3ccccc3)sc2C1. The first-order chi connectivity index (χ1) is 11.7. The highest BCUT2D eigenvalue weighted by molar-refractivity contribution is 7.15. The van der Waals surface area contributed by atoms with Crippen molar-refractivity contribution >= 4 is 17.2 Å². The van der Waals surface area contributed by atoms with Crippen LogP contribution in [0.25, 0.3) is 10.6 Å². The van der Waals surface area contributed by atoms with E-state index in [1.165, 1.54) is 12.1 Å². The Bertz CT molecular complexity index is 891. The molecule has 0 saturated heterocycles. The second-order valence-electron chi connectivity index (χ2n) is 5.74. The van der Waals surface area contributed by atoms with Gasteiger partial charge in [0.25, 0.3) is 5.91 Å². The average Bonchev–Trinajstić information content (AvgIpc) is 3.05. The summed E-state index contributed by atoms with van der Waals surface area (Å²) in [6, 6.07) is 15.9. The molecule has 0 radical (unpaired) electrons. The van der Waals surface area contributed by atoms with E-state index < -0.39 is 0 Å². The largest absolute Gasteiger partial charge is 0.333 e. The van der Waals surface area contributed by atoms with Crippen LogP contribution in [0.2, 0.25) is 0 Å². The van der Waals surface area contributed by atoms with Crippen LogP contribution in [0.1, 0.15) is 20.9 Å². The number of benzene rings is 2. The van der Waals surface area contributed by atoms with Crippen molar-refractivity contribution in [3.63, 3.8) is 0 Å². The lowest BCUT2D eigenvalue weighted by molar-refractivity contribution is 0.0735. The molecule has 2 heterocycles. The van der Waals surface area contributed by atoms with Crippen molar-refractivity contribution < 1.29 is 9.18 Å². The highest BCUT2D eigenvalue weighted by Crippen LogP contribution is 2.32. The fourth-order valence-corrected chi connectivity index (χ4v) is 4.01. The first kappa shape index (κ1) is 15.0. The van der Waals surface area contributed by atoms with E-state index >= 15 is 0 Å². The van der Waals surface area contributed by atoms with E-state index in [4.69, 9.17) is 4.98 Å². The zero-order valence-corrected chi connectivity index (χ0v) is 13.7. The molecule has 3 nitrogen and oxygen atoms in total. The van der Waals surface area contributed by atoms with Crippen LogP contribution in [0.15, 0.2) is 54.6 Å². The minimum Gasteiger partial charge on any atom is -0.333 e. The molecule has 0 fully saturated rings. The van der Waals surface area contributed by atoms with Gasteiger partial charge in [-0.05, 0) is 18.2 Å². The Balaban J connectivity index is 1.58. The minimum absolute atomic E-state index is 0.130. The lowest BCUT2D eigenvalue weighted by Crippen LogP contribution is -2.35. The highest BCUT2D eigenvalue weighted by atomic mass is 32.1. The van der Waals surface area contributed by atoms with Gasteiger partial charge in [0.2, 0.25) is 0 Å². The number of aromatic nitrogens is 1. The zero-order chi connectivity index (χ0) is 16.5. The van der Waals surface area contributed by atoms with E-state index in [1.807, 2.05) is 30.3 Å². The second kappa shape index (κ2) is 6.17. The van der Waals surface area contributed by atoms with E-state index in [-0.39, 0.29) is 11.7 Å². The van der Waals surface area contributed by atoms with Gasteiger partial charge in [0, 0.05) is 29.0 Å². The van der Waals surface area contributed by atoms with Crippen LogP contribution < -0.4 is 0 Å². The van der Waals surface area contributed by atoms with Crippen molar-refractivity contribution in [2.24, 2.45) is 0 Å². The van der Waals surface area contributed by atoms with Crippen molar-refractivity contribution in [3.05, 3.63) is 76.5 Å². The summed E-state index contributed by atoms with van der Waals surface area (Å²) in [5.41, 5.74) is 2.56. The molecular formula is C19H15FN2OS. The maximum atomic E-state index is 13.3. The number of thiazole rings is 1. The maximum absolute atomic E-state index is 13.3. The summed E-state index contributed by atoms with van der Waals surface area (Å²) in [6.07, 6.45) is 0.736. The number of halogens is 1. The van der Waals surface area contributed by atoms with Crippen molar-refractivity contribution in [1.82, 2.24) is 9.88 Å². The van der Waals surface area contributed by atoms with Gasteiger partial charge < -0.3 is 4.90 Å². The number of hydrogen-bond acceptors (Lipinski definition) is 3. The third kappa shape index (κ3) is 2.83. The number of rotatable bonds is 2. The van der Waals surface area contributed by atoms with Gasteiger partial charge in [-0.2, -0.15) is 0 Å². The Hall–Kier alpha value is -2.53. The monoisotopic (exact) mass is 338 g/mol. The molecule has 0 atom stereocenters. The quantitative estimate of drug-likeness (QED) is 0.703. The Morgan fingerprint density at radius 2 is 1.96 bits per heavy atom. The number of fused-ring (bicyclic) bond motifs is 1. The number of carbonyl (C=O) groups is 1. The Labute approximate surface area is 143 Å². The van der Waals surface area contributed by atoms with Gasteiger partial charge in [0.05, 0.1) is 12.2 Å². The third-order valence-electron chi connectivity index (χ3n) is 4.11. The fraction of sp³-hybridized carbons (Fsp3) is 0.158. The molecule has 1 aliphatic rings. The molecule has 0 unspecified atom stereocenters. The minimum atomic E-state index is -0.386. The molecule has 0 spiro atoms. The second-order valence-corrected chi connectivity index (χ2v) is 6.83. The zero-order valence-electron chi connectivity index (χ0n) is 12.9. The Kier molecular flexibility index (Phi) is 3.86. The molecule has 5 heteroatoms. The summed E-state index contributed by atoms with van der Waals surface area (Å²) < 4.78 is 13.3. The van der Waals surface area contributed by atoms with Gasteiger partial charge in [-0.1, -0.05) is 36.4 Å². The van der Waals surface area contributed by atoms with Crippen LogP contribution in [-0.4, -0.2) is 22.3 Å². The standard InChI is InChI=1S/C19H15FN2OS/c20-15-8-4-7-14(11-15)19(23)22-10-9-16-17(12-22)24-18(21-16)13-5-2-1-3-6-13/h1-8,11H,9-10,12H2. The molecule has 0 bridgehead atoms. The molecule has 0 saturated carbocycles. The van der Waals surface area contributed by atoms with E-state index in [2.05, 4.69) is 0 Å². The molecular weight excluding hydrogens is 323 g/mol. The normalized spacial score (nSPS) is 13.6. The average molecular weight is 338 g/mol. The van der Waals surface area contributed by atoms with Gasteiger partial charge in [-0.15, -0.1) is 11.3 Å². The maximum Gasteiger partial charge on any atom is 0.254 e. The van der Waals surface area contributed by atoms with Gasteiger partial charge in [0.1, 0.15) is 10.8 Å². The van der Waals surface area contributed by atoms with Gasteiger partial charge in [0.15, 0.2) is 0 Å². The van der Waals surface area contributed by atoms with Gasteiger partial charge in [-0.25, -0.2) is 9.37 Å². The van der Waals surface area contributed by atoms with Crippen molar-refractivity contribution in [3.8, 4) is 10.6 Å². The van der Waals surface area contributed by atoms with Crippen molar-refractivity contribution in [2.75, 3.05) is 6.54 Å². The lowest BCUT2D eigenvalue weighted by atomic mass is 10.1. The van der Waals surface area contributed by atoms with Gasteiger partial charge >= 0.3 is 0 Å². The molecule has 0 N–H and O–H groups in total. The molecule has 3 aromatic rings. The van der Waals surface area contributed by atoms with Crippen LogP contribution >= 0.6 is 11.3 Å². The smallest absolute Gasteiger partial charge is 0.254 e. The first-order valence-electron chi connectivity index (χ1n) is 7.79. The topological polar surface area (TPSA) is 33.2 Å². The number of carbonyl (C=O) groups excluding carboxylic acids is 1. The van der Waals surface area contributed by atoms with Crippen LogP contribution in [0.3, 0.4) is 0 Å². The van der Waals surface area contributed by atoms with Crippen LogP contribution in [0.4, 0.5) is 4.39 Å². The van der Waals surface area contributed by atoms with Crippen LogP contribution in [-0.2, 0) is 13.0 Å². The van der Waals surface area contributed by atoms with Crippen molar-refractivity contribution in [1.29, 1.82) is 0 Å². The number of hydrogen-bond donors (Lipinski definition) is 0. The molecule has 1 aliphatic heterocycles. The van der Waals surface area contributed by atoms with E-state index in [0.29, 0.717) is 18.7 Å². The summed E-state index contributed by atoms with van der Waals surface area (Å²) in [7, 11) is 0. The molecule has 2 aromatic carbocycles. The molecule has 1 amide bonds. The summed E-state index contributed by atoms with van der Waals surface area (Å²) in [6.45, 7) is 1.15. The first-order valence-corrected chi connectivity index (χ1v) is 8.61. The van der Waals surface area contributed by atoms with Crippen molar-refractivity contribution in [2.45, 2.75) is 13.0 Å². The van der Waals surface area contributed by atoms with Crippen LogP contribution in [0.5, 0.6) is 0 Å². The number of amides is 1. The number of nitrogens with zero attached hydrogens (tertiary/aromatic N) is 2. The predicted octanol–water partition coefficient (Wildman–Crippen LogP) is 4.15. The summed E-state index contributed by atoms with van der Waals surface area (Å²) in [5.74, 6) is -0.516. The Morgan fingerprint density at radius 3 is 2.75 bits per heavy atom. The summed E-state index contributed by atoms with van der Waals surface area (Å²) in [4.78, 5) is 20.2. The molecule has 0 aliphatic carbocycles. The summed E-state index contributed by atoms with van der Waals surface area (Å²) in [5, 5.41) is 0.987. The van der Waals surface area contributed by atoms with Gasteiger partial charge in [-0.3, -0.25) is 4.79 Å². The predicted molar refractivity (Wildman–Crippen MR) is 92.4 cm³/mol. The van der Waals surface area contributed by atoms with E-state index in [1.54, 1.807) is 28.4 Å². The molecule has 1 aromatic heterocycles. The molecule has 24 heavy (non-hydrogen) atoms. The summed E-state index contributed by atoms with van der Waals surface area (Å²) >= 11 is 1.63. The molecule has 120 valence electrons.